The van der Waals surface area contributed by atoms with Gasteiger partial charge in [0.2, 0.25) is 0 Å². The molecule has 0 saturated heterocycles. The van der Waals surface area contributed by atoms with E-state index in [0.29, 0.717) is 29.5 Å². The summed E-state index contributed by atoms with van der Waals surface area (Å²) in [5.41, 5.74) is 6.89. The number of pyridine rings is 2. The van der Waals surface area contributed by atoms with Crippen LogP contribution in [0, 0.1) is 20.8 Å². The Morgan fingerprint density at radius 1 is 0.972 bits per heavy atom. The van der Waals surface area contributed by atoms with Crippen LogP contribution < -0.4 is 5.32 Å². The maximum absolute atomic E-state index is 13.6. The molecule has 0 unspecified atom stereocenters. The molecule has 1 amide bonds. The Labute approximate surface area is 209 Å². The summed E-state index contributed by atoms with van der Waals surface area (Å²) in [5, 5.41) is 13.3. The summed E-state index contributed by atoms with van der Waals surface area (Å²) >= 11 is 0. The molecule has 4 aromatic heterocycles. The Bertz CT molecular complexity index is 1580. The van der Waals surface area contributed by atoms with E-state index in [0.717, 1.165) is 52.3 Å². The van der Waals surface area contributed by atoms with Crippen LogP contribution >= 0.6 is 0 Å². The van der Waals surface area contributed by atoms with Gasteiger partial charge >= 0.3 is 0 Å². The van der Waals surface area contributed by atoms with Gasteiger partial charge in [0.15, 0.2) is 11.5 Å². The van der Waals surface area contributed by atoms with Crippen LogP contribution in [0.25, 0.3) is 22.5 Å². The monoisotopic (exact) mass is 477 g/mol. The third kappa shape index (κ3) is 3.84. The zero-order valence-electron chi connectivity index (χ0n) is 20.6. The van der Waals surface area contributed by atoms with Gasteiger partial charge in [0.25, 0.3) is 5.91 Å². The van der Waals surface area contributed by atoms with Crippen molar-refractivity contribution in [1.82, 2.24) is 34.8 Å². The van der Waals surface area contributed by atoms with Crippen LogP contribution in [0.5, 0.6) is 0 Å². The van der Waals surface area contributed by atoms with Crippen LogP contribution in [-0.4, -0.2) is 35.4 Å². The Balaban J connectivity index is 1.36. The van der Waals surface area contributed by atoms with Crippen LogP contribution in [0.15, 0.2) is 60.8 Å². The zero-order valence-corrected chi connectivity index (χ0v) is 20.6. The van der Waals surface area contributed by atoms with E-state index >= 15 is 0 Å². The van der Waals surface area contributed by atoms with E-state index < -0.39 is 0 Å². The second kappa shape index (κ2) is 8.71. The molecule has 8 nitrogen and oxygen atoms in total. The Morgan fingerprint density at radius 2 is 1.72 bits per heavy atom. The minimum Gasteiger partial charge on any atom is -0.348 e. The van der Waals surface area contributed by atoms with Crippen molar-refractivity contribution < 1.29 is 4.79 Å². The lowest BCUT2D eigenvalue weighted by atomic mass is 10.1. The average molecular weight is 478 g/mol. The summed E-state index contributed by atoms with van der Waals surface area (Å²) in [4.78, 5) is 23.0. The van der Waals surface area contributed by atoms with Crippen molar-refractivity contribution in [2.24, 2.45) is 0 Å². The number of rotatable bonds is 6. The molecule has 0 spiro atoms. The van der Waals surface area contributed by atoms with Gasteiger partial charge in [-0.1, -0.05) is 24.3 Å². The minimum absolute atomic E-state index is 0.140. The number of hydrogen-bond acceptors (Lipinski definition) is 5. The Kier molecular flexibility index (Phi) is 5.36. The molecule has 1 N–H and O–H groups in total. The van der Waals surface area contributed by atoms with Gasteiger partial charge in [0, 0.05) is 35.6 Å². The molecule has 1 aliphatic rings. The van der Waals surface area contributed by atoms with E-state index in [1.807, 2.05) is 80.1 Å². The lowest BCUT2D eigenvalue weighted by molar-refractivity contribution is 0.0952. The molecule has 5 aromatic rings. The van der Waals surface area contributed by atoms with Crippen molar-refractivity contribution in [1.29, 1.82) is 0 Å². The van der Waals surface area contributed by atoms with Crippen LogP contribution in [0.4, 0.5) is 0 Å². The Hall–Kier alpha value is -4.33. The van der Waals surface area contributed by atoms with Gasteiger partial charge in [-0.25, -0.2) is 14.6 Å². The molecule has 36 heavy (non-hydrogen) atoms. The van der Waals surface area contributed by atoms with Gasteiger partial charge < -0.3 is 5.32 Å². The number of amides is 1. The first kappa shape index (κ1) is 22.2. The number of fused-ring (bicyclic) bond motifs is 1. The number of carbonyl (C=O) groups excluding carboxylic acids is 1. The largest absolute Gasteiger partial charge is 0.348 e. The quantitative estimate of drug-likeness (QED) is 0.382. The molecule has 180 valence electrons. The number of benzene rings is 1. The van der Waals surface area contributed by atoms with E-state index in [1.165, 1.54) is 0 Å². The Morgan fingerprint density at radius 3 is 2.44 bits per heavy atom. The van der Waals surface area contributed by atoms with Crippen molar-refractivity contribution >= 4 is 16.9 Å². The standard InChI is InChI=1S/C28H27N7O/c1-17-23(19(3)34(32-17)21-9-5-4-6-10-21)16-30-28(36)22-15-24(20-12-13-20)31-27-26(22)18(2)33-35(27)25-11-7-8-14-29-25/h4-11,14-15,20H,12-13,16H2,1-3H3,(H,30,36). The molecule has 0 aliphatic heterocycles. The fourth-order valence-electron chi connectivity index (χ4n) is 4.73. The highest BCUT2D eigenvalue weighted by atomic mass is 16.1. The van der Waals surface area contributed by atoms with Gasteiger partial charge in [-0.3, -0.25) is 4.79 Å². The van der Waals surface area contributed by atoms with Crippen molar-refractivity contribution in [2.75, 3.05) is 0 Å². The molecule has 8 heteroatoms. The van der Waals surface area contributed by atoms with Crippen molar-refractivity contribution in [3.63, 3.8) is 0 Å². The van der Waals surface area contributed by atoms with Crippen LogP contribution in [-0.2, 0) is 6.54 Å². The van der Waals surface area contributed by atoms with E-state index in [-0.39, 0.29) is 5.91 Å². The average Bonchev–Trinajstić information content (AvgIpc) is 3.65. The lowest BCUT2D eigenvalue weighted by Gasteiger charge is -2.10. The maximum Gasteiger partial charge on any atom is 0.252 e. The first-order valence-electron chi connectivity index (χ1n) is 12.2. The summed E-state index contributed by atoms with van der Waals surface area (Å²) in [6.07, 6.45) is 3.91. The van der Waals surface area contributed by atoms with Gasteiger partial charge in [-0.15, -0.1) is 0 Å². The normalized spacial score (nSPS) is 13.3. The number of para-hydroxylation sites is 1. The van der Waals surface area contributed by atoms with Crippen LogP contribution in [0.1, 0.15) is 57.5 Å². The summed E-state index contributed by atoms with van der Waals surface area (Å²) < 4.78 is 3.67. The molecule has 0 radical (unpaired) electrons. The van der Waals surface area contributed by atoms with Crippen molar-refractivity contribution in [3.05, 3.63) is 94.7 Å². The highest BCUT2D eigenvalue weighted by molar-refractivity contribution is 6.06. The highest BCUT2D eigenvalue weighted by Gasteiger charge is 2.29. The second-order valence-electron chi connectivity index (χ2n) is 9.33. The number of aryl methyl sites for hydroxylation is 2. The number of nitrogens with one attached hydrogen (secondary N) is 1. The molecule has 1 fully saturated rings. The molecule has 0 atom stereocenters. The summed E-state index contributed by atoms with van der Waals surface area (Å²) in [5.74, 6) is 0.933. The predicted molar refractivity (Wildman–Crippen MR) is 138 cm³/mol. The molecule has 1 aromatic carbocycles. The van der Waals surface area contributed by atoms with Gasteiger partial charge in [0.1, 0.15) is 0 Å². The molecular formula is C28H27N7O. The first-order chi connectivity index (χ1) is 17.5. The fourth-order valence-corrected chi connectivity index (χ4v) is 4.73. The highest BCUT2D eigenvalue weighted by Crippen LogP contribution is 2.40. The van der Waals surface area contributed by atoms with Gasteiger partial charge in [0.05, 0.1) is 28.0 Å². The SMILES string of the molecule is Cc1nn(-c2ccccc2)c(C)c1CNC(=O)c1cc(C2CC2)nc2c1c(C)nn2-c1ccccn1. The van der Waals surface area contributed by atoms with E-state index in [4.69, 9.17) is 15.2 Å². The molecule has 0 bridgehead atoms. The van der Waals surface area contributed by atoms with Crippen LogP contribution in [0.2, 0.25) is 0 Å². The minimum atomic E-state index is -0.140. The predicted octanol–water partition coefficient (Wildman–Crippen LogP) is 4.73. The summed E-state index contributed by atoms with van der Waals surface area (Å²) in [6.45, 7) is 6.31. The molecule has 6 rings (SSSR count). The van der Waals surface area contributed by atoms with E-state index in [2.05, 4.69) is 10.3 Å². The molecule has 1 aliphatic carbocycles. The third-order valence-electron chi connectivity index (χ3n) is 6.81. The molecule has 1 saturated carbocycles. The lowest BCUT2D eigenvalue weighted by Crippen LogP contribution is -2.24. The number of nitrogens with zero attached hydrogens (tertiary/aromatic N) is 6. The number of aromatic nitrogens is 6. The third-order valence-corrected chi connectivity index (χ3v) is 6.81. The molecular weight excluding hydrogens is 450 g/mol. The second-order valence-corrected chi connectivity index (χ2v) is 9.33. The smallest absolute Gasteiger partial charge is 0.252 e. The van der Waals surface area contributed by atoms with Gasteiger partial charge in [-0.2, -0.15) is 14.9 Å². The summed E-state index contributed by atoms with van der Waals surface area (Å²) in [7, 11) is 0. The van der Waals surface area contributed by atoms with E-state index in [1.54, 1.807) is 10.9 Å². The zero-order chi connectivity index (χ0) is 24.8. The maximum atomic E-state index is 13.6. The fraction of sp³-hybridized carbons (Fsp3) is 0.250. The summed E-state index contributed by atoms with van der Waals surface area (Å²) in [6, 6.07) is 17.7. The van der Waals surface area contributed by atoms with E-state index in [9.17, 15) is 4.79 Å². The molecule has 4 heterocycles. The van der Waals surface area contributed by atoms with Gasteiger partial charge in [-0.05, 0) is 63.9 Å². The number of carbonyl (C=O) groups is 1. The number of hydrogen-bond donors (Lipinski definition) is 1. The first-order valence-corrected chi connectivity index (χ1v) is 12.2. The van der Waals surface area contributed by atoms with Crippen molar-refractivity contribution in [3.8, 4) is 11.5 Å². The van der Waals surface area contributed by atoms with Crippen molar-refractivity contribution in [2.45, 2.75) is 46.1 Å². The topological polar surface area (TPSA) is 90.5 Å². The van der Waals surface area contributed by atoms with Crippen LogP contribution in [0.3, 0.4) is 0 Å².